The van der Waals surface area contributed by atoms with Crippen LogP contribution in [-0.4, -0.2) is 40.5 Å². The van der Waals surface area contributed by atoms with E-state index in [0.29, 0.717) is 5.92 Å². The van der Waals surface area contributed by atoms with Crippen LogP contribution < -0.4 is 4.74 Å². The molecule has 1 saturated heterocycles. The number of benzene rings is 2. The molecule has 2 atom stereocenters. The van der Waals surface area contributed by atoms with Gasteiger partial charge in [0.2, 0.25) is 0 Å². The van der Waals surface area contributed by atoms with Gasteiger partial charge in [0.1, 0.15) is 5.75 Å². The van der Waals surface area contributed by atoms with Crippen LogP contribution in [0.15, 0.2) is 71.6 Å². The van der Waals surface area contributed by atoms with Crippen molar-refractivity contribution in [2.75, 3.05) is 13.7 Å². The third-order valence-electron chi connectivity index (χ3n) is 7.57. The first-order valence-electron chi connectivity index (χ1n) is 12.3. The number of rotatable bonds is 4. The van der Waals surface area contributed by atoms with Gasteiger partial charge in [0, 0.05) is 24.1 Å². The number of methoxy groups -OCH3 is 1. The molecule has 0 bridgehead atoms. The number of nitrogens with zero attached hydrogens (tertiary/aromatic N) is 2. The topological polar surface area (TPSA) is 58.2 Å². The molecule has 1 aliphatic heterocycles. The SMILES string of the molecule is CC=C1CCC2C(CCCN2C(=O)c2ccc3nc[nH]c3c2)C1=C(C)Cc1ccc(OC)cc1. The van der Waals surface area contributed by atoms with E-state index in [1.807, 2.05) is 30.3 Å². The number of nitrogens with one attached hydrogen (secondary N) is 1. The molecule has 1 aliphatic carbocycles. The second-order valence-corrected chi connectivity index (χ2v) is 9.52. The molecule has 1 aromatic heterocycles. The Hall–Kier alpha value is -3.34. The fourth-order valence-electron chi connectivity index (χ4n) is 5.95. The summed E-state index contributed by atoms with van der Waals surface area (Å²) < 4.78 is 5.32. The van der Waals surface area contributed by atoms with Crippen molar-refractivity contribution >= 4 is 16.9 Å². The number of aromatic amines is 1. The first-order chi connectivity index (χ1) is 16.6. The number of carbonyl (C=O) groups excluding carboxylic acids is 1. The van der Waals surface area contributed by atoms with E-state index in [1.54, 1.807) is 13.4 Å². The molecule has 5 rings (SSSR count). The summed E-state index contributed by atoms with van der Waals surface area (Å²) in [6.07, 6.45) is 9.12. The molecule has 5 heteroatoms. The van der Waals surface area contributed by atoms with E-state index in [1.165, 1.54) is 22.3 Å². The zero-order valence-electron chi connectivity index (χ0n) is 20.3. The van der Waals surface area contributed by atoms with E-state index in [4.69, 9.17) is 4.74 Å². The highest BCUT2D eigenvalue weighted by atomic mass is 16.5. The van der Waals surface area contributed by atoms with Crippen LogP contribution in [0, 0.1) is 5.92 Å². The van der Waals surface area contributed by atoms with E-state index in [0.717, 1.165) is 61.0 Å². The van der Waals surface area contributed by atoms with Gasteiger partial charge in [-0.15, -0.1) is 0 Å². The summed E-state index contributed by atoms with van der Waals surface area (Å²) >= 11 is 0. The monoisotopic (exact) mass is 455 g/mol. The Morgan fingerprint density at radius 1 is 1.21 bits per heavy atom. The molecule has 3 aromatic rings. The van der Waals surface area contributed by atoms with Gasteiger partial charge in [-0.2, -0.15) is 0 Å². The lowest BCUT2D eigenvalue weighted by molar-refractivity contribution is 0.0500. The van der Waals surface area contributed by atoms with E-state index in [9.17, 15) is 4.79 Å². The number of allylic oxidation sites excluding steroid dienone is 3. The van der Waals surface area contributed by atoms with Crippen LogP contribution in [0.1, 0.15) is 55.5 Å². The highest BCUT2D eigenvalue weighted by molar-refractivity contribution is 5.97. The highest BCUT2D eigenvalue weighted by Crippen LogP contribution is 2.44. The lowest BCUT2D eigenvalue weighted by Gasteiger charge is -2.46. The van der Waals surface area contributed by atoms with Crippen LogP contribution in [0.5, 0.6) is 5.75 Å². The molecule has 34 heavy (non-hydrogen) atoms. The van der Waals surface area contributed by atoms with Crippen LogP contribution in [-0.2, 0) is 6.42 Å². The van der Waals surface area contributed by atoms with Crippen LogP contribution in [0.4, 0.5) is 0 Å². The number of amides is 1. The van der Waals surface area contributed by atoms with E-state index in [-0.39, 0.29) is 11.9 Å². The smallest absolute Gasteiger partial charge is 0.254 e. The molecular formula is C29H33N3O2. The Labute approximate surface area is 201 Å². The second-order valence-electron chi connectivity index (χ2n) is 9.52. The van der Waals surface area contributed by atoms with Gasteiger partial charge in [0.05, 0.1) is 24.5 Å². The molecule has 0 spiro atoms. The van der Waals surface area contributed by atoms with Crippen molar-refractivity contribution in [1.29, 1.82) is 0 Å². The quantitative estimate of drug-likeness (QED) is 0.518. The number of fused-ring (bicyclic) bond motifs is 2. The molecule has 0 radical (unpaired) electrons. The predicted octanol–water partition coefficient (Wildman–Crippen LogP) is 6.09. The minimum Gasteiger partial charge on any atom is -0.497 e. The van der Waals surface area contributed by atoms with Crippen LogP contribution in [0.25, 0.3) is 11.0 Å². The lowest BCUT2D eigenvalue weighted by atomic mass is 9.70. The number of ether oxygens (including phenoxy) is 1. The van der Waals surface area contributed by atoms with Gasteiger partial charge in [0.25, 0.3) is 5.91 Å². The van der Waals surface area contributed by atoms with Gasteiger partial charge in [-0.1, -0.05) is 23.8 Å². The number of likely N-dealkylation sites (tertiary alicyclic amines) is 1. The Kier molecular flexibility index (Phi) is 6.27. The summed E-state index contributed by atoms with van der Waals surface area (Å²) in [6, 6.07) is 14.4. The predicted molar refractivity (Wildman–Crippen MR) is 136 cm³/mol. The number of aromatic nitrogens is 2. The summed E-state index contributed by atoms with van der Waals surface area (Å²) in [7, 11) is 1.70. The molecular weight excluding hydrogens is 422 g/mol. The standard InChI is InChI=1S/C29H33N3O2/c1-4-21-10-14-27-24(28(21)19(2)16-20-7-11-23(34-3)12-8-20)6-5-15-32(27)29(33)22-9-13-25-26(17-22)31-18-30-25/h4,7-9,11-13,17-18,24,27H,5-6,10,14-16H2,1-3H3,(H,30,31). The Bertz CT molecular complexity index is 1250. The van der Waals surface area contributed by atoms with Crippen LogP contribution >= 0.6 is 0 Å². The summed E-state index contributed by atoms with van der Waals surface area (Å²) in [5, 5.41) is 0. The normalized spacial score (nSPS) is 23.1. The van der Waals surface area contributed by atoms with E-state index >= 15 is 0 Å². The molecule has 176 valence electrons. The van der Waals surface area contributed by atoms with Gasteiger partial charge in [-0.3, -0.25) is 4.79 Å². The second kappa shape index (κ2) is 9.49. The summed E-state index contributed by atoms with van der Waals surface area (Å²) in [5.74, 6) is 1.42. The van der Waals surface area contributed by atoms with Gasteiger partial charge < -0.3 is 14.6 Å². The maximum atomic E-state index is 13.6. The largest absolute Gasteiger partial charge is 0.497 e. The molecule has 2 heterocycles. The van der Waals surface area contributed by atoms with E-state index in [2.05, 4.69) is 46.9 Å². The maximum Gasteiger partial charge on any atom is 0.254 e. The zero-order valence-corrected chi connectivity index (χ0v) is 20.3. The molecule has 2 aromatic carbocycles. The molecule has 1 N–H and O–H groups in total. The minimum absolute atomic E-state index is 0.141. The lowest BCUT2D eigenvalue weighted by Crippen LogP contribution is -2.50. The van der Waals surface area contributed by atoms with Crippen LogP contribution in [0.3, 0.4) is 0 Å². The van der Waals surface area contributed by atoms with Crippen molar-refractivity contribution in [1.82, 2.24) is 14.9 Å². The molecule has 2 unspecified atom stereocenters. The Morgan fingerprint density at radius 3 is 2.79 bits per heavy atom. The molecule has 2 fully saturated rings. The Balaban J connectivity index is 1.44. The first-order valence-corrected chi connectivity index (χ1v) is 12.3. The number of hydrogen-bond acceptors (Lipinski definition) is 3. The van der Waals surface area contributed by atoms with Crippen molar-refractivity contribution in [3.8, 4) is 5.75 Å². The van der Waals surface area contributed by atoms with Crippen molar-refractivity contribution in [2.24, 2.45) is 5.92 Å². The van der Waals surface area contributed by atoms with Gasteiger partial charge in [0.15, 0.2) is 0 Å². The third kappa shape index (κ3) is 4.15. The summed E-state index contributed by atoms with van der Waals surface area (Å²) in [4.78, 5) is 23.2. The molecule has 2 aliphatic rings. The fraction of sp³-hybridized carbons (Fsp3) is 0.379. The average molecular weight is 456 g/mol. The van der Waals surface area contributed by atoms with Crippen molar-refractivity contribution in [3.05, 3.63) is 82.7 Å². The molecule has 1 saturated carbocycles. The molecule has 5 nitrogen and oxygen atoms in total. The average Bonchev–Trinajstić information content (AvgIpc) is 3.35. The van der Waals surface area contributed by atoms with Gasteiger partial charge in [-0.05, 0) is 93.0 Å². The summed E-state index contributed by atoms with van der Waals surface area (Å²) in [6.45, 7) is 5.26. The molecule has 1 amide bonds. The number of H-pyrrole nitrogens is 1. The number of carbonyl (C=O) groups is 1. The fourth-order valence-corrected chi connectivity index (χ4v) is 5.95. The number of piperidine rings is 1. The van der Waals surface area contributed by atoms with Crippen molar-refractivity contribution in [2.45, 2.75) is 52.0 Å². The zero-order chi connectivity index (χ0) is 23.7. The van der Waals surface area contributed by atoms with E-state index < -0.39 is 0 Å². The van der Waals surface area contributed by atoms with Crippen molar-refractivity contribution in [3.63, 3.8) is 0 Å². The highest BCUT2D eigenvalue weighted by Gasteiger charge is 2.40. The van der Waals surface area contributed by atoms with Crippen molar-refractivity contribution < 1.29 is 9.53 Å². The third-order valence-corrected chi connectivity index (χ3v) is 7.57. The Morgan fingerprint density at radius 2 is 2.03 bits per heavy atom. The minimum atomic E-state index is 0.141. The van der Waals surface area contributed by atoms with Gasteiger partial charge in [-0.25, -0.2) is 4.98 Å². The maximum absolute atomic E-state index is 13.6. The summed E-state index contributed by atoms with van der Waals surface area (Å²) in [5.41, 5.74) is 8.20. The number of imidazole rings is 1. The van der Waals surface area contributed by atoms with Gasteiger partial charge >= 0.3 is 0 Å². The van der Waals surface area contributed by atoms with Crippen LogP contribution in [0.2, 0.25) is 0 Å². The first kappa shape index (κ1) is 22.5. The number of hydrogen-bond donors (Lipinski definition) is 1.